The SMILES string of the molecule is CC(=O)CC(=O)[O-].CC(=O)CC(=O)[O-].CC(=O)CC(=O)[O-].CCCCO.CCOC(=O)CC(C)=O.CCOC(=O)CC(C)=O.CCOC(=O)CC(C)=O.[Al+3]. The number of aliphatic hydroxyl groups is 1. The summed E-state index contributed by atoms with van der Waals surface area (Å²) < 4.78 is 13.5. The number of carbonyl (C=O) groups is 12. The number of aliphatic hydroxyl groups excluding tert-OH is 1. The second-order valence-electron chi connectivity index (χ2n) is 9.88. The topological polar surface area (TPSA) is 322 Å². The van der Waals surface area contributed by atoms with E-state index in [9.17, 15) is 72.9 Å². The van der Waals surface area contributed by atoms with E-state index in [-0.39, 0.29) is 71.3 Å². The Labute approximate surface area is 326 Å². The summed E-state index contributed by atoms with van der Waals surface area (Å²) in [7, 11) is 0. The van der Waals surface area contributed by atoms with E-state index < -0.39 is 55.1 Å². The van der Waals surface area contributed by atoms with Crippen molar-refractivity contribution in [3.63, 3.8) is 0 Å². The van der Waals surface area contributed by atoms with Gasteiger partial charge in [-0.3, -0.25) is 43.2 Å². The Kier molecular flexibility index (Phi) is 63.0. The normalized spacial score (nSPS) is 8.28. The zero-order valence-corrected chi connectivity index (χ0v) is 34.0. The van der Waals surface area contributed by atoms with Crippen LogP contribution in [0.2, 0.25) is 0 Å². The molecule has 0 bridgehead atoms. The summed E-state index contributed by atoms with van der Waals surface area (Å²) in [6, 6.07) is 0. The fraction of sp³-hybridized carbons (Fsp3) is 0.647. The molecule has 0 aliphatic heterocycles. The summed E-state index contributed by atoms with van der Waals surface area (Å²) >= 11 is 0. The number of ketones is 6. The van der Waals surface area contributed by atoms with Crippen LogP contribution in [0, 0.1) is 0 Å². The predicted molar refractivity (Wildman–Crippen MR) is 184 cm³/mol. The van der Waals surface area contributed by atoms with Crippen molar-refractivity contribution in [2.75, 3.05) is 26.4 Å². The van der Waals surface area contributed by atoms with Gasteiger partial charge in [0.05, 0.1) is 19.8 Å². The van der Waals surface area contributed by atoms with Crippen LogP contribution < -0.4 is 15.3 Å². The van der Waals surface area contributed by atoms with Crippen molar-refractivity contribution in [3.8, 4) is 0 Å². The number of carbonyl (C=O) groups excluding carboxylic acids is 12. The van der Waals surface area contributed by atoms with Gasteiger partial charge in [-0.2, -0.15) is 0 Å². The number of aliphatic carboxylic acids is 3. The van der Waals surface area contributed by atoms with Gasteiger partial charge >= 0.3 is 35.3 Å². The Bertz CT molecular complexity index is 959. The summed E-state index contributed by atoms with van der Waals surface area (Å²) in [6.45, 7) is 16.2. The molecule has 1 N–H and O–H groups in total. The van der Waals surface area contributed by atoms with Crippen molar-refractivity contribution in [3.05, 3.63) is 0 Å². The second kappa shape index (κ2) is 50.4. The van der Waals surface area contributed by atoms with Gasteiger partial charge in [-0.25, -0.2) is 0 Å². The number of Topliss-reactive ketones (excluding diaryl/α,β-unsaturated/α-hetero) is 6. The smallest absolute Gasteiger partial charge is 0.550 e. The van der Waals surface area contributed by atoms with Gasteiger partial charge in [0.2, 0.25) is 0 Å². The van der Waals surface area contributed by atoms with E-state index in [1.807, 2.05) is 0 Å². The van der Waals surface area contributed by atoms with Gasteiger partial charge in [0.15, 0.2) is 0 Å². The average Bonchev–Trinajstić information content (AvgIpc) is 2.92. The maximum Gasteiger partial charge on any atom is 3.00 e. The monoisotopic (exact) mass is 794 g/mol. The number of carboxylic acid groups (broad SMARTS) is 3. The summed E-state index contributed by atoms with van der Waals surface area (Å²) in [5.41, 5.74) is 0. The number of unbranched alkanes of at least 4 members (excludes halogenated alkanes) is 1. The van der Waals surface area contributed by atoms with Crippen molar-refractivity contribution >= 4 is 87.9 Å². The molecular formula is C34H55AlO19. The van der Waals surface area contributed by atoms with Crippen molar-refractivity contribution in [2.24, 2.45) is 0 Å². The Balaban J connectivity index is -0.0000000765. The number of esters is 3. The van der Waals surface area contributed by atoms with Crippen LogP contribution in [0.25, 0.3) is 0 Å². The molecule has 0 saturated heterocycles. The first kappa shape index (κ1) is 67.5. The van der Waals surface area contributed by atoms with Gasteiger partial charge < -0.3 is 49.0 Å². The van der Waals surface area contributed by atoms with Gasteiger partial charge in [-0.1, -0.05) is 13.3 Å². The molecule has 0 amide bonds. The molecule has 0 aromatic carbocycles. The van der Waals surface area contributed by atoms with Gasteiger partial charge in [-0.05, 0) is 68.7 Å². The number of hydrogen-bond donors (Lipinski definition) is 1. The van der Waals surface area contributed by atoms with Crippen molar-refractivity contribution < 1.29 is 92.2 Å². The first-order chi connectivity index (χ1) is 24.3. The second-order valence-corrected chi connectivity index (χ2v) is 9.88. The van der Waals surface area contributed by atoms with Crippen LogP contribution in [0.15, 0.2) is 0 Å². The molecule has 0 atom stereocenters. The average molecular weight is 795 g/mol. The minimum Gasteiger partial charge on any atom is -0.550 e. The number of carboxylic acids is 3. The van der Waals surface area contributed by atoms with Gasteiger partial charge in [0.25, 0.3) is 0 Å². The quantitative estimate of drug-likeness (QED) is 0.0729. The molecule has 308 valence electrons. The molecule has 0 rings (SSSR count). The van der Waals surface area contributed by atoms with E-state index >= 15 is 0 Å². The van der Waals surface area contributed by atoms with E-state index in [4.69, 9.17) is 5.11 Å². The molecule has 0 radical (unpaired) electrons. The summed E-state index contributed by atoms with van der Waals surface area (Å²) in [4.78, 5) is 120. The molecule has 0 aliphatic rings. The molecule has 0 heterocycles. The Morgan fingerprint density at radius 1 is 0.407 bits per heavy atom. The summed E-state index contributed by atoms with van der Waals surface area (Å²) in [5, 5.41) is 36.5. The van der Waals surface area contributed by atoms with E-state index in [1.165, 1.54) is 41.5 Å². The zero-order valence-electron chi connectivity index (χ0n) is 32.9. The Morgan fingerprint density at radius 2 is 0.593 bits per heavy atom. The van der Waals surface area contributed by atoms with Crippen LogP contribution in [-0.2, 0) is 71.7 Å². The van der Waals surface area contributed by atoms with Crippen LogP contribution in [0.1, 0.15) is 121 Å². The molecule has 0 aromatic heterocycles. The van der Waals surface area contributed by atoms with Gasteiger partial charge in [0, 0.05) is 43.8 Å². The molecule has 0 aliphatic carbocycles. The zero-order chi connectivity index (χ0) is 43.5. The van der Waals surface area contributed by atoms with Crippen molar-refractivity contribution in [1.82, 2.24) is 0 Å². The van der Waals surface area contributed by atoms with Crippen molar-refractivity contribution in [2.45, 2.75) is 121 Å². The van der Waals surface area contributed by atoms with Gasteiger partial charge in [0.1, 0.15) is 54.0 Å². The molecule has 0 spiro atoms. The molecular weight excluding hydrogens is 739 g/mol. The fourth-order valence-electron chi connectivity index (χ4n) is 2.01. The number of ether oxygens (including phenoxy) is 3. The first-order valence-corrected chi connectivity index (χ1v) is 15.9. The largest absolute Gasteiger partial charge is 3.00 e. The predicted octanol–water partition coefficient (Wildman–Crippen LogP) is -1.87. The summed E-state index contributed by atoms with van der Waals surface area (Å²) in [6.07, 6.45) is 0.312. The Hall–Kier alpha value is -4.67. The summed E-state index contributed by atoms with van der Waals surface area (Å²) in [5.74, 6) is -6.86. The molecule has 0 fully saturated rings. The maximum absolute atomic E-state index is 10.4. The van der Waals surface area contributed by atoms with Crippen LogP contribution in [0.3, 0.4) is 0 Å². The minimum atomic E-state index is -1.31. The van der Waals surface area contributed by atoms with E-state index in [2.05, 4.69) is 21.1 Å². The fourth-order valence-corrected chi connectivity index (χ4v) is 2.01. The molecule has 20 heteroatoms. The Morgan fingerprint density at radius 3 is 0.648 bits per heavy atom. The van der Waals surface area contributed by atoms with Crippen LogP contribution in [0.5, 0.6) is 0 Å². The van der Waals surface area contributed by atoms with Crippen LogP contribution >= 0.6 is 0 Å². The van der Waals surface area contributed by atoms with Crippen LogP contribution in [0.4, 0.5) is 0 Å². The van der Waals surface area contributed by atoms with Gasteiger partial charge in [-0.15, -0.1) is 0 Å². The third kappa shape index (κ3) is 110. The number of rotatable bonds is 17. The standard InChI is InChI=1S/3C6H10O3.3C4H6O3.C4H10O.Al/c3*1-3-9-6(8)4-5(2)7;3*1-3(5)2-4(6)7;1-2-3-4-5;/h3*3-4H2,1-2H3;3*2H2,1H3,(H,6,7);5H,2-4H2,1H3;/q;;;;;;;+3/p-3. The molecule has 54 heavy (non-hydrogen) atoms. The molecule has 0 aromatic rings. The molecule has 0 saturated carbocycles. The molecule has 19 nitrogen and oxygen atoms in total. The van der Waals surface area contributed by atoms with E-state index in [1.54, 1.807) is 20.8 Å². The van der Waals surface area contributed by atoms with E-state index in [0.29, 0.717) is 26.4 Å². The first-order valence-electron chi connectivity index (χ1n) is 15.9. The van der Waals surface area contributed by atoms with Crippen molar-refractivity contribution in [1.29, 1.82) is 0 Å². The maximum atomic E-state index is 10.4. The van der Waals surface area contributed by atoms with Crippen LogP contribution in [-0.4, -0.2) is 119 Å². The third-order valence-corrected chi connectivity index (χ3v) is 3.79. The minimum absolute atomic E-state index is 0. The molecule has 0 unspecified atom stereocenters. The third-order valence-electron chi connectivity index (χ3n) is 3.79. The number of hydrogen-bond acceptors (Lipinski definition) is 19. The van der Waals surface area contributed by atoms with E-state index in [0.717, 1.165) is 12.8 Å².